The molecule has 1 N–H and O–H groups in total. The molecule has 2 rings (SSSR count). The third-order valence-electron chi connectivity index (χ3n) is 2.84. The average molecular weight is 259 g/mol. The minimum absolute atomic E-state index is 0.136. The monoisotopic (exact) mass is 259 g/mol. The van der Waals surface area contributed by atoms with Gasteiger partial charge in [0.25, 0.3) is 5.91 Å². The van der Waals surface area contributed by atoms with Crippen LogP contribution in [0, 0.1) is 12.3 Å². The Morgan fingerprint density at radius 3 is 3.00 bits per heavy atom. The number of rotatable bonds is 5. The second-order valence-corrected chi connectivity index (χ2v) is 4.25. The molecule has 0 fully saturated rings. The van der Waals surface area contributed by atoms with Crippen LogP contribution in [0.5, 0.6) is 11.5 Å². The first kappa shape index (κ1) is 13.3. The van der Waals surface area contributed by atoms with Crippen molar-refractivity contribution in [2.75, 3.05) is 19.8 Å². The Morgan fingerprint density at radius 2 is 2.16 bits per heavy atom. The summed E-state index contributed by atoms with van der Waals surface area (Å²) in [6.45, 7) is 1.61. The molecule has 1 amide bonds. The number of para-hydroxylation sites is 1. The molecule has 1 aliphatic heterocycles. The van der Waals surface area contributed by atoms with E-state index in [4.69, 9.17) is 15.9 Å². The van der Waals surface area contributed by atoms with Crippen LogP contribution < -0.4 is 14.8 Å². The lowest BCUT2D eigenvalue weighted by molar-refractivity contribution is 0.0942. The fraction of sp³-hybridized carbons (Fsp3) is 0.400. The van der Waals surface area contributed by atoms with Gasteiger partial charge in [-0.3, -0.25) is 4.79 Å². The lowest BCUT2D eigenvalue weighted by Crippen LogP contribution is -2.26. The van der Waals surface area contributed by atoms with E-state index in [1.807, 2.05) is 0 Å². The van der Waals surface area contributed by atoms with Gasteiger partial charge in [0, 0.05) is 13.0 Å². The highest BCUT2D eigenvalue weighted by atomic mass is 16.6. The van der Waals surface area contributed by atoms with Gasteiger partial charge in [0.05, 0.1) is 5.56 Å². The van der Waals surface area contributed by atoms with Gasteiger partial charge in [-0.1, -0.05) is 6.07 Å². The number of amides is 1. The highest BCUT2D eigenvalue weighted by Gasteiger charge is 2.19. The molecule has 1 aromatic rings. The number of fused-ring (bicyclic) bond motifs is 1. The average Bonchev–Trinajstić information content (AvgIpc) is 2.46. The van der Waals surface area contributed by atoms with Crippen LogP contribution >= 0.6 is 0 Å². The van der Waals surface area contributed by atoms with E-state index in [-0.39, 0.29) is 5.91 Å². The molecule has 1 aliphatic rings. The van der Waals surface area contributed by atoms with Gasteiger partial charge in [-0.2, -0.15) is 0 Å². The third-order valence-corrected chi connectivity index (χ3v) is 2.84. The number of benzene rings is 1. The van der Waals surface area contributed by atoms with Gasteiger partial charge in [-0.05, 0) is 25.0 Å². The van der Waals surface area contributed by atoms with Crippen LogP contribution in [0.25, 0.3) is 0 Å². The van der Waals surface area contributed by atoms with Gasteiger partial charge in [0.15, 0.2) is 11.5 Å². The first-order chi connectivity index (χ1) is 9.33. The number of hydrogen-bond acceptors (Lipinski definition) is 3. The summed E-state index contributed by atoms with van der Waals surface area (Å²) in [4.78, 5) is 12.1. The molecule has 4 heteroatoms. The second-order valence-electron chi connectivity index (χ2n) is 4.25. The van der Waals surface area contributed by atoms with Crippen molar-refractivity contribution < 1.29 is 14.3 Å². The van der Waals surface area contributed by atoms with Crippen molar-refractivity contribution in [1.82, 2.24) is 5.32 Å². The number of carbonyl (C=O) groups excluding carboxylic acids is 1. The lowest BCUT2D eigenvalue weighted by atomic mass is 10.1. The molecule has 1 aromatic carbocycles. The zero-order chi connectivity index (χ0) is 13.5. The van der Waals surface area contributed by atoms with Crippen molar-refractivity contribution in [3.63, 3.8) is 0 Å². The predicted octanol–water partition coefficient (Wildman–Crippen LogP) is 1.99. The molecule has 0 aliphatic carbocycles. The molecule has 1 heterocycles. The Hall–Kier alpha value is -2.15. The van der Waals surface area contributed by atoms with Gasteiger partial charge >= 0.3 is 0 Å². The Bertz CT molecular complexity index is 491. The second kappa shape index (κ2) is 6.69. The predicted molar refractivity (Wildman–Crippen MR) is 72.4 cm³/mol. The van der Waals surface area contributed by atoms with Crippen molar-refractivity contribution in [2.24, 2.45) is 0 Å². The van der Waals surface area contributed by atoms with Crippen molar-refractivity contribution >= 4 is 5.91 Å². The summed E-state index contributed by atoms with van der Waals surface area (Å²) in [7, 11) is 0. The maximum atomic E-state index is 12.1. The van der Waals surface area contributed by atoms with Gasteiger partial charge in [0.1, 0.15) is 13.2 Å². The van der Waals surface area contributed by atoms with E-state index in [1.165, 1.54) is 0 Å². The minimum atomic E-state index is -0.136. The highest BCUT2D eigenvalue weighted by Crippen LogP contribution is 2.33. The molecular formula is C15H17NO3. The topological polar surface area (TPSA) is 47.6 Å². The van der Waals surface area contributed by atoms with Crippen molar-refractivity contribution in [2.45, 2.75) is 19.3 Å². The zero-order valence-corrected chi connectivity index (χ0v) is 10.8. The molecule has 100 valence electrons. The largest absolute Gasteiger partial charge is 0.486 e. The van der Waals surface area contributed by atoms with Crippen LogP contribution in [-0.4, -0.2) is 25.7 Å². The number of carbonyl (C=O) groups is 1. The molecule has 0 atom stereocenters. The van der Waals surface area contributed by atoms with Crippen LogP contribution in [0.3, 0.4) is 0 Å². The summed E-state index contributed by atoms with van der Waals surface area (Å²) in [5.74, 6) is 3.61. The molecule has 0 saturated heterocycles. The molecule has 0 aromatic heterocycles. The number of ether oxygens (including phenoxy) is 2. The normalized spacial score (nSPS) is 12.6. The summed E-state index contributed by atoms with van der Waals surface area (Å²) < 4.78 is 11.0. The number of hydrogen-bond donors (Lipinski definition) is 1. The minimum Gasteiger partial charge on any atom is -0.486 e. The van der Waals surface area contributed by atoms with Crippen LogP contribution in [0.2, 0.25) is 0 Å². The van der Waals surface area contributed by atoms with Crippen molar-refractivity contribution in [3.8, 4) is 23.8 Å². The number of unbranched alkanes of at least 4 members (excludes halogenated alkanes) is 2. The van der Waals surface area contributed by atoms with E-state index in [9.17, 15) is 4.79 Å². The van der Waals surface area contributed by atoms with E-state index >= 15 is 0 Å². The van der Waals surface area contributed by atoms with E-state index in [0.717, 1.165) is 19.3 Å². The standard InChI is InChI=1S/C15H17NO3/c1-2-3-4-5-9-16-15(17)12-7-6-8-13-14(12)19-11-10-18-13/h1,6-8H,3-5,9-11H2,(H,16,17). The summed E-state index contributed by atoms with van der Waals surface area (Å²) in [6, 6.07) is 5.34. The Labute approximate surface area is 113 Å². The summed E-state index contributed by atoms with van der Waals surface area (Å²) >= 11 is 0. The maximum absolute atomic E-state index is 12.1. The smallest absolute Gasteiger partial charge is 0.255 e. The van der Waals surface area contributed by atoms with Crippen molar-refractivity contribution in [1.29, 1.82) is 0 Å². The zero-order valence-electron chi connectivity index (χ0n) is 10.8. The Balaban J connectivity index is 1.94. The van der Waals surface area contributed by atoms with Gasteiger partial charge < -0.3 is 14.8 Å². The van der Waals surface area contributed by atoms with Gasteiger partial charge in [-0.25, -0.2) is 0 Å². The maximum Gasteiger partial charge on any atom is 0.255 e. The van der Waals surface area contributed by atoms with Crippen LogP contribution in [0.1, 0.15) is 29.6 Å². The summed E-state index contributed by atoms with van der Waals surface area (Å²) in [6.07, 6.45) is 7.71. The number of terminal acetylenes is 1. The first-order valence-corrected chi connectivity index (χ1v) is 6.43. The Morgan fingerprint density at radius 1 is 1.32 bits per heavy atom. The molecule has 19 heavy (non-hydrogen) atoms. The SMILES string of the molecule is C#CCCCCNC(=O)c1cccc2c1OCCO2. The highest BCUT2D eigenvalue weighted by molar-refractivity contribution is 5.97. The first-order valence-electron chi connectivity index (χ1n) is 6.43. The van der Waals surface area contributed by atoms with Crippen molar-refractivity contribution in [3.05, 3.63) is 23.8 Å². The molecular weight excluding hydrogens is 242 g/mol. The van der Waals surface area contributed by atoms with Gasteiger partial charge in [0.2, 0.25) is 0 Å². The fourth-order valence-electron chi connectivity index (χ4n) is 1.90. The van der Waals surface area contributed by atoms with Crippen LogP contribution in [0.15, 0.2) is 18.2 Å². The van der Waals surface area contributed by atoms with Crippen LogP contribution in [0.4, 0.5) is 0 Å². The Kier molecular flexibility index (Phi) is 4.68. The van der Waals surface area contributed by atoms with E-state index < -0.39 is 0 Å². The number of nitrogens with one attached hydrogen (secondary N) is 1. The van der Waals surface area contributed by atoms with Gasteiger partial charge in [-0.15, -0.1) is 12.3 Å². The summed E-state index contributed by atoms with van der Waals surface area (Å²) in [5.41, 5.74) is 0.522. The van der Waals surface area contributed by atoms with E-state index in [2.05, 4.69) is 11.2 Å². The summed E-state index contributed by atoms with van der Waals surface area (Å²) in [5, 5.41) is 2.86. The molecule has 0 unspecified atom stereocenters. The van der Waals surface area contributed by atoms with Crippen LogP contribution in [-0.2, 0) is 0 Å². The molecule has 0 bridgehead atoms. The lowest BCUT2D eigenvalue weighted by Gasteiger charge is -2.20. The molecule has 0 radical (unpaired) electrons. The molecule has 4 nitrogen and oxygen atoms in total. The van der Waals surface area contributed by atoms with E-state index in [0.29, 0.717) is 36.8 Å². The fourth-order valence-corrected chi connectivity index (χ4v) is 1.90. The van der Waals surface area contributed by atoms with E-state index in [1.54, 1.807) is 18.2 Å². The third kappa shape index (κ3) is 3.41. The molecule has 0 saturated carbocycles. The quantitative estimate of drug-likeness (QED) is 0.650. The molecule has 0 spiro atoms.